The molecule has 1 aromatic heterocycles. The van der Waals surface area contributed by atoms with Gasteiger partial charge in [-0.3, -0.25) is 9.48 Å². The van der Waals surface area contributed by atoms with Crippen LogP contribution in [0.2, 0.25) is 0 Å². The standard InChI is InChI=1S/C12H21N3O2/c1-3-4-9-17-12(16)10-13-7-5-11-6-8-14-15(11)2/h6,8,13H,3-5,7,9-10H2,1-2H3. The maximum absolute atomic E-state index is 11.2. The molecule has 0 aromatic carbocycles. The summed E-state index contributed by atoms with van der Waals surface area (Å²) in [6.45, 7) is 3.63. The molecule has 0 aliphatic rings. The molecule has 0 unspecified atom stereocenters. The third kappa shape index (κ3) is 5.49. The van der Waals surface area contributed by atoms with E-state index in [4.69, 9.17) is 4.74 Å². The monoisotopic (exact) mass is 239 g/mol. The lowest BCUT2D eigenvalue weighted by Gasteiger charge is -2.06. The fourth-order valence-corrected chi connectivity index (χ4v) is 1.43. The molecule has 0 atom stereocenters. The van der Waals surface area contributed by atoms with Crippen molar-refractivity contribution in [3.8, 4) is 0 Å². The molecule has 1 N–H and O–H groups in total. The molecular weight excluding hydrogens is 218 g/mol. The molecule has 5 nitrogen and oxygen atoms in total. The summed E-state index contributed by atoms with van der Waals surface area (Å²) in [6, 6.07) is 1.97. The molecule has 5 heteroatoms. The number of nitrogens with zero attached hydrogens (tertiary/aromatic N) is 2. The Morgan fingerprint density at radius 3 is 3.06 bits per heavy atom. The molecular formula is C12H21N3O2. The van der Waals surface area contributed by atoms with Crippen LogP contribution in [-0.4, -0.2) is 35.4 Å². The predicted molar refractivity (Wildman–Crippen MR) is 65.6 cm³/mol. The van der Waals surface area contributed by atoms with Gasteiger partial charge in [0.1, 0.15) is 0 Å². The van der Waals surface area contributed by atoms with Crippen LogP contribution in [0.15, 0.2) is 12.3 Å². The number of hydrogen-bond acceptors (Lipinski definition) is 4. The number of carbonyl (C=O) groups is 1. The minimum Gasteiger partial charge on any atom is -0.465 e. The van der Waals surface area contributed by atoms with Gasteiger partial charge in [0.05, 0.1) is 13.2 Å². The van der Waals surface area contributed by atoms with E-state index in [1.165, 1.54) is 0 Å². The van der Waals surface area contributed by atoms with Gasteiger partial charge in [-0.15, -0.1) is 0 Å². The van der Waals surface area contributed by atoms with E-state index < -0.39 is 0 Å². The lowest BCUT2D eigenvalue weighted by atomic mass is 10.3. The Kier molecular flexibility index (Phi) is 6.32. The molecule has 96 valence electrons. The van der Waals surface area contributed by atoms with Gasteiger partial charge in [0.15, 0.2) is 0 Å². The molecule has 0 spiro atoms. The van der Waals surface area contributed by atoms with Crippen molar-refractivity contribution in [3.63, 3.8) is 0 Å². The van der Waals surface area contributed by atoms with Gasteiger partial charge in [-0.1, -0.05) is 13.3 Å². The SMILES string of the molecule is CCCCOC(=O)CNCCc1ccnn1C. The zero-order valence-electron chi connectivity index (χ0n) is 10.6. The predicted octanol–water partition coefficient (Wildman–Crippen LogP) is 0.895. The van der Waals surface area contributed by atoms with Crippen molar-refractivity contribution in [3.05, 3.63) is 18.0 Å². The summed E-state index contributed by atoms with van der Waals surface area (Å²) < 4.78 is 6.86. The zero-order chi connectivity index (χ0) is 12.5. The van der Waals surface area contributed by atoms with Gasteiger partial charge in [-0.2, -0.15) is 5.10 Å². The molecule has 0 bridgehead atoms. The molecule has 1 heterocycles. The second kappa shape index (κ2) is 7.84. The van der Waals surface area contributed by atoms with Crippen LogP contribution in [0.5, 0.6) is 0 Å². The Morgan fingerprint density at radius 1 is 1.59 bits per heavy atom. The van der Waals surface area contributed by atoms with Crippen LogP contribution in [0.25, 0.3) is 0 Å². The molecule has 0 aliphatic heterocycles. The average Bonchev–Trinajstić information content (AvgIpc) is 2.71. The number of ether oxygens (including phenoxy) is 1. The molecule has 0 saturated carbocycles. The summed E-state index contributed by atoms with van der Waals surface area (Å²) in [4.78, 5) is 11.2. The summed E-state index contributed by atoms with van der Waals surface area (Å²) in [7, 11) is 1.91. The first-order valence-electron chi connectivity index (χ1n) is 6.07. The number of rotatable bonds is 8. The molecule has 1 rings (SSSR count). The highest BCUT2D eigenvalue weighted by Gasteiger charge is 2.02. The van der Waals surface area contributed by atoms with Crippen LogP contribution in [0.4, 0.5) is 0 Å². The molecule has 0 fully saturated rings. The number of hydrogen-bond donors (Lipinski definition) is 1. The van der Waals surface area contributed by atoms with Gasteiger partial charge in [-0.05, 0) is 12.5 Å². The van der Waals surface area contributed by atoms with E-state index >= 15 is 0 Å². The van der Waals surface area contributed by atoms with E-state index in [0.717, 1.165) is 31.5 Å². The smallest absolute Gasteiger partial charge is 0.319 e. The fraction of sp³-hybridized carbons (Fsp3) is 0.667. The summed E-state index contributed by atoms with van der Waals surface area (Å²) in [5, 5.41) is 7.14. The Morgan fingerprint density at radius 2 is 2.41 bits per heavy atom. The lowest BCUT2D eigenvalue weighted by Crippen LogP contribution is -2.27. The number of aryl methyl sites for hydroxylation is 1. The maximum atomic E-state index is 11.2. The van der Waals surface area contributed by atoms with Crippen molar-refractivity contribution in [2.75, 3.05) is 19.7 Å². The third-order valence-corrected chi connectivity index (χ3v) is 2.51. The minimum absolute atomic E-state index is 0.177. The van der Waals surface area contributed by atoms with E-state index in [1.807, 2.05) is 17.8 Å². The number of nitrogens with one attached hydrogen (secondary N) is 1. The Bertz CT molecular complexity index is 336. The quantitative estimate of drug-likeness (QED) is 0.541. The van der Waals surface area contributed by atoms with Crippen LogP contribution in [0.3, 0.4) is 0 Å². The summed E-state index contributed by atoms with van der Waals surface area (Å²) in [5.74, 6) is -0.177. The van der Waals surface area contributed by atoms with Crippen LogP contribution >= 0.6 is 0 Å². The van der Waals surface area contributed by atoms with Gasteiger partial charge in [0.25, 0.3) is 0 Å². The van der Waals surface area contributed by atoms with Gasteiger partial charge in [0.2, 0.25) is 0 Å². The third-order valence-electron chi connectivity index (χ3n) is 2.51. The second-order valence-corrected chi connectivity index (χ2v) is 3.95. The first-order valence-corrected chi connectivity index (χ1v) is 6.07. The normalized spacial score (nSPS) is 10.5. The van der Waals surface area contributed by atoms with Crippen LogP contribution < -0.4 is 5.32 Å². The van der Waals surface area contributed by atoms with Crippen molar-refractivity contribution < 1.29 is 9.53 Å². The average molecular weight is 239 g/mol. The number of aromatic nitrogens is 2. The van der Waals surface area contributed by atoms with E-state index in [-0.39, 0.29) is 12.5 Å². The van der Waals surface area contributed by atoms with Crippen LogP contribution in [-0.2, 0) is 23.0 Å². The van der Waals surface area contributed by atoms with Crippen molar-refractivity contribution in [2.24, 2.45) is 7.05 Å². The molecule has 0 aliphatic carbocycles. The zero-order valence-corrected chi connectivity index (χ0v) is 10.6. The van der Waals surface area contributed by atoms with Crippen LogP contribution in [0, 0.1) is 0 Å². The number of carbonyl (C=O) groups excluding carboxylic acids is 1. The number of unbranched alkanes of at least 4 members (excludes halogenated alkanes) is 1. The van der Waals surface area contributed by atoms with E-state index in [0.29, 0.717) is 6.61 Å². The summed E-state index contributed by atoms with van der Waals surface area (Å²) in [6.07, 6.45) is 4.61. The van der Waals surface area contributed by atoms with Crippen molar-refractivity contribution in [1.29, 1.82) is 0 Å². The van der Waals surface area contributed by atoms with Gasteiger partial charge >= 0.3 is 5.97 Å². The van der Waals surface area contributed by atoms with Crippen molar-refractivity contribution in [2.45, 2.75) is 26.2 Å². The van der Waals surface area contributed by atoms with Gasteiger partial charge < -0.3 is 10.1 Å². The Hall–Kier alpha value is -1.36. The van der Waals surface area contributed by atoms with E-state index in [9.17, 15) is 4.79 Å². The number of esters is 1. The van der Waals surface area contributed by atoms with E-state index in [2.05, 4.69) is 17.3 Å². The summed E-state index contributed by atoms with van der Waals surface area (Å²) in [5.41, 5.74) is 1.15. The first-order chi connectivity index (χ1) is 8.24. The largest absolute Gasteiger partial charge is 0.465 e. The Labute approximate surface area is 102 Å². The van der Waals surface area contributed by atoms with Gasteiger partial charge in [0, 0.05) is 31.9 Å². The second-order valence-electron chi connectivity index (χ2n) is 3.95. The summed E-state index contributed by atoms with van der Waals surface area (Å²) >= 11 is 0. The molecule has 0 saturated heterocycles. The highest BCUT2D eigenvalue weighted by molar-refractivity contribution is 5.71. The van der Waals surface area contributed by atoms with Gasteiger partial charge in [-0.25, -0.2) is 0 Å². The van der Waals surface area contributed by atoms with Crippen molar-refractivity contribution >= 4 is 5.97 Å². The van der Waals surface area contributed by atoms with Crippen molar-refractivity contribution in [1.82, 2.24) is 15.1 Å². The highest BCUT2D eigenvalue weighted by Crippen LogP contribution is 1.95. The molecule has 0 amide bonds. The topological polar surface area (TPSA) is 56.1 Å². The fourth-order valence-electron chi connectivity index (χ4n) is 1.43. The molecule has 0 radical (unpaired) electrons. The maximum Gasteiger partial charge on any atom is 0.319 e. The highest BCUT2D eigenvalue weighted by atomic mass is 16.5. The first kappa shape index (κ1) is 13.7. The lowest BCUT2D eigenvalue weighted by molar-refractivity contribution is -0.142. The molecule has 17 heavy (non-hydrogen) atoms. The Balaban J connectivity index is 2.04. The minimum atomic E-state index is -0.177. The van der Waals surface area contributed by atoms with Crippen LogP contribution in [0.1, 0.15) is 25.5 Å². The van der Waals surface area contributed by atoms with E-state index in [1.54, 1.807) is 6.20 Å². The molecule has 1 aromatic rings.